The maximum absolute atomic E-state index is 2.45. The van der Waals surface area contributed by atoms with Gasteiger partial charge < -0.3 is 4.90 Å². The third-order valence-electron chi connectivity index (χ3n) is 7.71. The van der Waals surface area contributed by atoms with Crippen LogP contribution in [0.3, 0.4) is 0 Å². The Labute approximate surface area is 213 Å². The zero-order valence-corrected chi connectivity index (χ0v) is 20.6. The van der Waals surface area contributed by atoms with Crippen LogP contribution in [-0.2, 0) is 5.41 Å². The lowest BCUT2D eigenvalue weighted by Crippen LogP contribution is -2.25. The van der Waals surface area contributed by atoms with Crippen LogP contribution in [0.1, 0.15) is 19.4 Å². The number of hydrogen-bond donors (Lipinski definition) is 0. The van der Waals surface area contributed by atoms with Crippen molar-refractivity contribution in [2.45, 2.75) is 19.3 Å². The minimum Gasteiger partial charge on any atom is -0.317 e. The van der Waals surface area contributed by atoms with E-state index in [-0.39, 0.29) is 5.41 Å². The van der Waals surface area contributed by atoms with Crippen LogP contribution in [0.2, 0.25) is 0 Å². The first-order chi connectivity index (χ1) is 17.6. The molecule has 5 aromatic carbocycles. The molecule has 0 bridgehead atoms. The Kier molecular flexibility index (Phi) is 4.56. The molecule has 2 aliphatic rings. The van der Waals surface area contributed by atoms with Crippen molar-refractivity contribution in [3.63, 3.8) is 0 Å². The lowest BCUT2D eigenvalue weighted by molar-refractivity contribution is 0.659. The molecule has 1 aliphatic heterocycles. The highest BCUT2D eigenvalue weighted by molar-refractivity contribution is 6.04. The minimum absolute atomic E-state index is 0.0790. The molecular formula is C35H27N. The zero-order chi connectivity index (χ0) is 24.3. The van der Waals surface area contributed by atoms with Crippen LogP contribution in [-0.4, -0.2) is 0 Å². The van der Waals surface area contributed by atoms with Gasteiger partial charge in [0, 0.05) is 17.3 Å². The second-order valence-electron chi connectivity index (χ2n) is 10.3. The van der Waals surface area contributed by atoms with Crippen LogP contribution in [0.25, 0.3) is 44.5 Å². The second kappa shape index (κ2) is 7.83. The van der Waals surface area contributed by atoms with Crippen LogP contribution in [0.15, 0.2) is 128 Å². The van der Waals surface area contributed by atoms with E-state index in [0.717, 1.165) is 0 Å². The topological polar surface area (TPSA) is 3.24 Å². The number of anilines is 2. The van der Waals surface area contributed by atoms with E-state index in [1.165, 1.54) is 61.4 Å². The van der Waals surface area contributed by atoms with Gasteiger partial charge in [-0.05, 0) is 74.3 Å². The maximum atomic E-state index is 2.45. The van der Waals surface area contributed by atoms with Gasteiger partial charge in [-0.2, -0.15) is 0 Å². The molecule has 0 amide bonds. The van der Waals surface area contributed by atoms with E-state index in [2.05, 4.69) is 146 Å². The van der Waals surface area contributed by atoms with Crippen molar-refractivity contribution in [1.82, 2.24) is 0 Å². The third kappa shape index (κ3) is 3.09. The molecule has 0 radical (unpaired) electrons. The number of fused-ring (bicyclic) bond motifs is 9. The largest absolute Gasteiger partial charge is 0.317 e. The molecule has 0 N–H and O–H groups in total. The summed E-state index contributed by atoms with van der Waals surface area (Å²) < 4.78 is 0. The van der Waals surface area contributed by atoms with Crippen LogP contribution >= 0.6 is 0 Å². The molecule has 1 aliphatic carbocycles. The fourth-order valence-corrected chi connectivity index (χ4v) is 5.85. The minimum atomic E-state index is -0.0790. The van der Waals surface area contributed by atoms with Crippen molar-refractivity contribution < 1.29 is 0 Å². The summed E-state index contributed by atoms with van der Waals surface area (Å²) in [5, 5.41) is 0. The Morgan fingerprint density at radius 2 is 0.889 bits per heavy atom. The predicted molar refractivity (Wildman–Crippen MR) is 152 cm³/mol. The molecule has 1 nitrogen and oxygen atoms in total. The molecule has 1 heteroatoms. The smallest absolute Gasteiger partial charge is 0.0502 e. The molecule has 172 valence electrons. The zero-order valence-electron chi connectivity index (χ0n) is 20.6. The first-order valence-corrected chi connectivity index (χ1v) is 12.6. The van der Waals surface area contributed by atoms with Crippen molar-refractivity contribution in [3.8, 4) is 44.5 Å². The van der Waals surface area contributed by atoms with Gasteiger partial charge in [0.25, 0.3) is 0 Å². The Morgan fingerprint density at radius 1 is 0.472 bits per heavy atom. The molecule has 0 saturated heterocycles. The Bertz CT molecular complexity index is 1660. The molecule has 0 atom stereocenters. The van der Waals surface area contributed by atoms with Gasteiger partial charge in [0.1, 0.15) is 0 Å². The highest BCUT2D eigenvalue weighted by atomic mass is 15.1. The van der Waals surface area contributed by atoms with Crippen LogP contribution in [0.5, 0.6) is 0 Å². The third-order valence-corrected chi connectivity index (χ3v) is 7.71. The van der Waals surface area contributed by atoms with E-state index < -0.39 is 0 Å². The molecule has 1 heterocycles. The van der Waals surface area contributed by atoms with Crippen molar-refractivity contribution >= 4 is 11.4 Å². The van der Waals surface area contributed by atoms with Crippen LogP contribution in [0.4, 0.5) is 11.4 Å². The van der Waals surface area contributed by atoms with Crippen molar-refractivity contribution in [2.75, 3.05) is 4.90 Å². The highest BCUT2D eigenvalue weighted by Crippen LogP contribution is 2.52. The first kappa shape index (κ1) is 21.0. The molecule has 5 aromatic rings. The fraction of sp³-hybridized carbons (Fsp3) is 0.0857. The first-order valence-electron chi connectivity index (χ1n) is 12.6. The van der Waals surface area contributed by atoms with Crippen molar-refractivity contribution in [1.29, 1.82) is 0 Å². The highest BCUT2D eigenvalue weighted by Gasteiger charge is 2.31. The second-order valence-corrected chi connectivity index (χ2v) is 10.3. The summed E-state index contributed by atoms with van der Waals surface area (Å²) in [5.41, 5.74) is 13.9. The van der Waals surface area contributed by atoms with Gasteiger partial charge in [0.05, 0.1) is 5.69 Å². The Hall–Kier alpha value is -4.36. The monoisotopic (exact) mass is 461 g/mol. The van der Waals surface area contributed by atoms with Gasteiger partial charge in [0.2, 0.25) is 0 Å². The number of para-hydroxylation sites is 1. The molecule has 0 aromatic heterocycles. The van der Waals surface area contributed by atoms with Gasteiger partial charge in [0.15, 0.2) is 0 Å². The number of benzene rings is 5. The maximum Gasteiger partial charge on any atom is 0.0502 e. The summed E-state index contributed by atoms with van der Waals surface area (Å²) in [4.78, 5) is 2.34. The summed E-state index contributed by atoms with van der Waals surface area (Å²) in [6.45, 7) is 4.63. The Morgan fingerprint density at radius 3 is 1.39 bits per heavy atom. The Balaban J connectivity index is 1.60. The van der Waals surface area contributed by atoms with Gasteiger partial charge >= 0.3 is 0 Å². The molecule has 7 rings (SSSR count). The fourth-order valence-electron chi connectivity index (χ4n) is 5.85. The van der Waals surface area contributed by atoms with Crippen molar-refractivity contribution in [2.24, 2.45) is 0 Å². The number of hydrogen-bond acceptors (Lipinski definition) is 1. The van der Waals surface area contributed by atoms with Gasteiger partial charge in [-0.15, -0.1) is 0 Å². The van der Waals surface area contributed by atoms with Crippen LogP contribution < -0.4 is 4.90 Å². The summed E-state index contributed by atoms with van der Waals surface area (Å²) in [6.07, 6.45) is 4.56. The molecule has 0 unspecified atom stereocenters. The van der Waals surface area contributed by atoms with E-state index in [9.17, 15) is 0 Å². The lowest BCUT2D eigenvalue weighted by Gasteiger charge is -2.37. The predicted octanol–water partition coefficient (Wildman–Crippen LogP) is 9.61. The molecule has 0 spiro atoms. The van der Waals surface area contributed by atoms with Crippen LogP contribution in [0, 0.1) is 0 Å². The van der Waals surface area contributed by atoms with Gasteiger partial charge in [-0.25, -0.2) is 0 Å². The normalized spacial score (nSPS) is 14.4. The van der Waals surface area contributed by atoms with E-state index in [1.54, 1.807) is 0 Å². The SMILES string of the molecule is CC1(C)C=CN(c2ccccc2)c2cc3c(cc21)-c1ccccc1-c1ccccc1-c1ccccc1-3. The quantitative estimate of drug-likeness (QED) is 0.236. The summed E-state index contributed by atoms with van der Waals surface area (Å²) in [7, 11) is 0. The molecular weight excluding hydrogens is 434 g/mol. The van der Waals surface area contributed by atoms with E-state index in [4.69, 9.17) is 0 Å². The number of allylic oxidation sites excluding steroid dienone is 1. The average molecular weight is 462 g/mol. The molecule has 0 saturated carbocycles. The standard InChI is InChI=1S/C35H27N/c1-35(2)20-21-36(24-12-4-3-5-13-24)34-23-32-30-19-11-9-17-28(30)26-15-7-6-14-25(26)27-16-8-10-18-29(27)31(32)22-33(34)35/h3-23H,1-2H3. The van der Waals surface area contributed by atoms with Gasteiger partial charge in [-0.1, -0.05) is 111 Å². The number of rotatable bonds is 1. The molecule has 36 heavy (non-hydrogen) atoms. The lowest BCUT2D eigenvalue weighted by atomic mass is 9.75. The number of nitrogens with zero attached hydrogens (tertiary/aromatic N) is 1. The summed E-state index contributed by atoms with van der Waals surface area (Å²) in [5.74, 6) is 0. The average Bonchev–Trinajstić information content (AvgIpc) is 2.92. The van der Waals surface area contributed by atoms with Crippen molar-refractivity contribution in [3.05, 3.63) is 133 Å². The van der Waals surface area contributed by atoms with Gasteiger partial charge in [-0.3, -0.25) is 0 Å². The van der Waals surface area contributed by atoms with E-state index in [1.807, 2.05) is 0 Å². The van der Waals surface area contributed by atoms with E-state index in [0.29, 0.717) is 0 Å². The summed E-state index contributed by atoms with van der Waals surface area (Å²) in [6, 6.07) is 42.1. The summed E-state index contributed by atoms with van der Waals surface area (Å²) >= 11 is 0. The van der Waals surface area contributed by atoms with E-state index >= 15 is 0 Å². The molecule has 0 fully saturated rings.